The maximum atomic E-state index is 13.3. The quantitative estimate of drug-likeness (QED) is 0.137. The molecular formula is C33H34O12. The maximum Gasteiger partial charge on any atom is 0.331 e. The summed E-state index contributed by atoms with van der Waals surface area (Å²) in [5, 5.41) is 0. The number of hydrogen-bond donors (Lipinski definition) is 0. The molecular weight excluding hydrogens is 588 g/mol. The van der Waals surface area contributed by atoms with Gasteiger partial charge >= 0.3 is 23.9 Å². The zero-order chi connectivity index (χ0) is 32.9. The second-order valence-electron chi connectivity index (χ2n) is 9.31. The van der Waals surface area contributed by atoms with Gasteiger partial charge in [0.1, 0.15) is 6.61 Å². The van der Waals surface area contributed by atoms with Gasteiger partial charge in [0.2, 0.25) is 0 Å². The molecule has 0 N–H and O–H groups in total. The molecule has 0 aromatic heterocycles. The van der Waals surface area contributed by atoms with Crippen LogP contribution in [0.2, 0.25) is 0 Å². The van der Waals surface area contributed by atoms with Gasteiger partial charge in [-0.1, -0.05) is 24.3 Å². The van der Waals surface area contributed by atoms with Crippen LogP contribution in [-0.4, -0.2) is 57.9 Å². The zero-order valence-corrected chi connectivity index (χ0v) is 25.7. The first-order chi connectivity index (χ1) is 21.5. The molecule has 0 unspecified atom stereocenters. The van der Waals surface area contributed by atoms with E-state index in [-0.39, 0.29) is 29.6 Å². The molecule has 2 atom stereocenters. The summed E-state index contributed by atoms with van der Waals surface area (Å²) in [5.41, 5.74) is 0.925. The molecule has 0 aliphatic rings. The predicted octanol–water partition coefficient (Wildman–Crippen LogP) is 4.87. The molecule has 0 amide bonds. The van der Waals surface area contributed by atoms with Gasteiger partial charge in [0, 0.05) is 32.4 Å². The van der Waals surface area contributed by atoms with Gasteiger partial charge in [-0.15, -0.1) is 0 Å². The molecule has 12 nitrogen and oxygen atoms in total. The molecule has 45 heavy (non-hydrogen) atoms. The van der Waals surface area contributed by atoms with E-state index in [2.05, 4.69) is 0 Å². The van der Waals surface area contributed by atoms with Gasteiger partial charge in [-0.25, -0.2) is 4.79 Å². The fourth-order valence-electron chi connectivity index (χ4n) is 4.08. The summed E-state index contributed by atoms with van der Waals surface area (Å²) in [6.07, 6.45) is 0.415. The smallest absolute Gasteiger partial charge is 0.331 e. The van der Waals surface area contributed by atoms with Gasteiger partial charge in [0.25, 0.3) is 0 Å². The second-order valence-corrected chi connectivity index (χ2v) is 9.31. The van der Waals surface area contributed by atoms with Crippen LogP contribution in [0, 0.1) is 0 Å². The number of benzene rings is 3. The van der Waals surface area contributed by atoms with E-state index < -0.39 is 36.1 Å². The highest BCUT2D eigenvalue weighted by atomic mass is 16.6. The Hall–Kier alpha value is -5.52. The van der Waals surface area contributed by atoms with E-state index in [0.29, 0.717) is 22.6 Å². The van der Waals surface area contributed by atoms with Crippen molar-refractivity contribution < 1.29 is 57.1 Å². The van der Waals surface area contributed by atoms with E-state index in [1.807, 2.05) is 0 Å². The number of ether oxygens (including phenoxy) is 8. The van der Waals surface area contributed by atoms with E-state index in [1.165, 1.54) is 72.5 Å². The Bertz CT molecular complexity index is 1540. The monoisotopic (exact) mass is 622 g/mol. The number of esters is 4. The Morgan fingerprint density at radius 3 is 1.82 bits per heavy atom. The molecule has 3 rings (SSSR count). The molecule has 0 aliphatic heterocycles. The van der Waals surface area contributed by atoms with Crippen molar-refractivity contribution in [2.24, 2.45) is 0 Å². The fraction of sp³-hybridized carbons (Fsp3) is 0.273. The van der Waals surface area contributed by atoms with Crippen molar-refractivity contribution in [1.82, 2.24) is 0 Å². The van der Waals surface area contributed by atoms with Crippen LogP contribution in [0.4, 0.5) is 0 Å². The van der Waals surface area contributed by atoms with Crippen molar-refractivity contribution in [3.8, 4) is 34.5 Å². The first kappa shape index (κ1) is 34.0. The summed E-state index contributed by atoms with van der Waals surface area (Å²) < 4.78 is 43.9. The van der Waals surface area contributed by atoms with Gasteiger partial charge < -0.3 is 37.9 Å². The third-order valence-electron chi connectivity index (χ3n) is 6.00. The Morgan fingerprint density at radius 1 is 0.667 bits per heavy atom. The van der Waals surface area contributed by atoms with Crippen molar-refractivity contribution in [1.29, 1.82) is 0 Å². The molecule has 0 fully saturated rings. The second kappa shape index (κ2) is 16.4. The van der Waals surface area contributed by atoms with Gasteiger partial charge in [0.05, 0.1) is 21.3 Å². The largest absolute Gasteiger partial charge is 0.493 e. The minimum absolute atomic E-state index is 0.145. The van der Waals surface area contributed by atoms with E-state index in [9.17, 15) is 19.2 Å². The maximum absolute atomic E-state index is 13.3. The lowest BCUT2D eigenvalue weighted by Crippen LogP contribution is -2.34. The zero-order valence-electron chi connectivity index (χ0n) is 25.7. The number of para-hydroxylation sites is 2. The van der Waals surface area contributed by atoms with Gasteiger partial charge in [-0.05, 0) is 48.0 Å². The summed E-state index contributed by atoms with van der Waals surface area (Å²) in [5.74, 6) is -0.898. The van der Waals surface area contributed by atoms with Crippen LogP contribution in [0.3, 0.4) is 0 Å². The highest BCUT2D eigenvalue weighted by Crippen LogP contribution is 2.36. The Morgan fingerprint density at radius 2 is 1.24 bits per heavy atom. The minimum Gasteiger partial charge on any atom is -0.493 e. The van der Waals surface area contributed by atoms with Gasteiger partial charge in [0.15, 0.2) is 46.7 Å². The Labute approximate surface area is 260 Å². The highest BCUT2D eigenvalue weighted by Gasteiger charge is 2.32. The molecule has 3 aromatic rings. The summed E-state index contributed by atoms with van der Waals surface area (Å²) in [7, 11) is 4.27. The number of carbonyl (C=O) groups excluding carboxylic acids is 4. The molecule has 0 spiro atoms. The van der Waals surface area contributed by atoms with Gasteiger partial charge in [-0.3, -0.25) is 14.4 Å². The van der Waals surface area contributed by atoms with Crippen LogP contribution < -0.4 is 28.4 Å². The van der Waals surface area contributed by atoms with E-state index in [4.69, 9.17) is 37.9 Å². The van der Waals surface area contributed by atoms with Crippen LogP contribution in [0.1, 0.15) is 38.0 Å². The molecule has 0 saturated heterocycles. The van der Waals surface area contributed by atoms with E-state index >= 15 is 0 Å². The number of rotatable bonds is 14. The summed E-state index contributed by atoms with van der Waals surface area (Å²) in [4.78, 5) is 48.0. The van der Waals surface area contributed by atoms with Crippen LogP contribution in [0.15, 0.2) is 66.7 Å². The summed E-state index contributed by atoms with van der Waals surface area (Å²) >= 11 is 0. The molecule has 0 heterocycles. The first-order valence-electron chi connectivity index (χ1n) is 13.6. The molecule has 0 bridgehead atoms. The lowest BCUT2D eigenvalue weighted by molar-refractivity contribution is -0.154. The van der Waals surface area contributed by atoms with Crippen LogP contribution in [-0.2, 0) is 28.7 Å². The molecule has 3 aromatic carbocycles. The van der Waals surface area contributed by atoms with Crippen molar-refractivity contribution in [2.45, 2.75) is 33.0 Å². The van der Waals surface area contributed by atoms with Crippen LogP contribution >= 0.6 is 0 Å². The minimum atomic E-state index is -1.17. The molecule has 12 heteroatoms. The van der Waals surface area contributed by atoms with Crippen LogP contribution in [0.5, 0.6) is 34.5 Å². The lowest BCUT2D eigenvalue weighted by atomic mass is 10.0. The molecule has 238 valence electrons. The third-order valence-corrected chi connectivity index (χ3v) is 6.00. The molecule has 0 aliphatic carbocycles. The Kier molecular flexibility index (Phi) is 12.4. The highest BCUT2D eigenvalue weighted by molar-refractivity contribution is 5.87. The topological polar surface area (TPSA) is 142 Å². The summed E-state index contributed by atoms with van der Waals surface area (Å²) in [6.45, 7) is 3.45. The van der Waals surface area contributed by atoms with Gasteiger partial charge in [-0.2, -0.15) is 0 Å². The average Bonchev–Trinajstić information content (AvgIpc) is 3.01. The van der Waals surface area contributed by atoms with Crippen molar-refractivity contribution in [3.63, 3.8) is 0 Å². The van der Waals surface area contributed by atoms with E-state index in [0.717, 1.165) is 0 Å². The third kappa shape index (κ3) is 10.0. The molecule has 0 saturated carbocycles. The van der Waals surface area contributed by atoms with Crippen molar-refractivity contribution in [3.05, 3.63) is 77.9 Å². The predicted molar refractivity (Wildman–Crippen MR) is 161 cm³/mol. The number of methoxy groups -OCH3 is 3. The standard InChI is InChI=1S/C33H34O12/c1-20(34)41-19-31(44-26-10-8-7-9-25(26)38-4)33(24-13-15-28(43-22(3)36)30(18-24)40-6)45-32(37)16-12-23-11-14-27(42-21(2)35)29(17-23)39-5/h7-18,31,33H,19H2,1-6H3/b16-12+/t31-,33+/m0/s1. The van der Waals surface area contributed by atoms with E-state index in [1.54, 1.807) is 42.5 Å². The summed E-state index contributed by atoms with van der Waals surface area (Å²) in [6, 6.07) is 16.1. The molecule has 0 radical (unpaired) electrons. The SMILES string of the molecule is COc1cc(/C=C/C(=O)O[C@H](c2ccc(OC(C)=O)c(OC)c2)[C@H](COC(C)=O)Oc2ccccc2OC)ccc1OC(C)=O. The van der Waals surface area contributed by atoms with Crippen molar-refractivity contribution in [2.75, 3.05) is 27.9 Å². The normalized spacial score (nSPS) is 12.0. The number of hydrogen-bond acceptors (Lipinski definition) is 12. The average molecular weight is 623 g/mol. The lowest BCUT2D eigenvalue weighted by Gasteiger charge is -2.28. The fourth-order valence-corrected chi connectivity index (χ4v) is 4.08. The first-order valence-corrected chi connectivity index (χ1v) is 13.6. The van der Waals surface area contributed by atoms with Crippen molar-refractivity contribution >= 4 is 30.0 Å². The number of carbonyl (C=O) groups is 4. The Balaban J connectivity index is 2.01. The van der Waals surface area contributed by atoms with Crippen LogP contribution in [0.25, 0.3) is 6.08 Å².